The second-order valence-electron chi connectivity index (χ2n) is 3.93. The van der Waals surface area contributed by atoms with E-state index >= 15 is 0 Å². The molecule has 0 bridgehead atoms. The molecule has 0 fully saturated rings. The third kappa shape index (κ3) is 2.49. The van der Waals surface area contributed by atoms with Gasteiger partial charge in [0.15, 0.2) is 0 Å². The molecule has 5 heteroatoms. The molecule has 1 atom stereocenters. The first-order valence-electron chi connectivity index (χ1n) is 5.69. The summed E-state index contributed by atoms with van der Waals surface area (Å²) in [6.07, 6.45) is 2.76. The summed E-state index contributed by atoms with van der Waals surface area (Å²) in [6, 6.07) is 5.22. The number of aliphatic hydroxyl groups excluding tert-OH is 1. The van der Waals surface area contributed by atoms with Gasteiger partial charge in [-0.1, -0.05) is 17.7 Å². The molecule has 96 valence electrons. The minimum Gasteiger partial charge on any atom is -0.495 e. The smallest absolute Gasteiger partial charge is 0.137 e. The lowest BCUT2D eigenvalue weighted by Crippen LogP contribution is -1.99. The van der Waals surface area contributed by atoms with E-state index in [2.05, 4.69) is 5.10 Å². The maximum absolute atomic E-state index is 10.3. The second-order valence-corrected chi connectivity index (χ2v) is 4.33. The van der Waals surface area contributed by atoms with Gasteiger partial charge in [0, 0.05) is 18.3 Å². The van der Waals surface area contributed by atoms with E-state index < -0.39 is 6.10 Å². The number of aryl methyl sites for hydroxylation is 1. The summed E-state index contributed by atoms with van der Waals surface area (Å²) in [7, 11) is 1.55. The Morgan fingerprint density at radius 3 is 2.83 bits per heavy atom. The molecule has 4 nitrogen and oxygen atoms in total. The molecule has 0 aliphatic rings. The van der Waals surface area contributed by atoms with Crippen molar-refractivity contribution in [3.05, 3.63) is 46.7 Å². The van der Waals surface area contributed by atoms with Crippen molar-refractivity contribution >= 4 is 11.6 Å². The molecule has 2 aromatic rings. The van der Waals surface area contributed by atoms with Crippen LogP contribution >= 0.6 is 11.6 Å². The van der Waals surface area contributed by atoms with Gasteiger partial charge in [0.05, 0.1) is 18.3 Å². The van der Waals surface area contributed by atoms with E-state index in [0.717, 1.165) is 17.7 Å². The maximum atomic E-state index is 10.3. The molecule has 1 heterocycles. The Labute approximate surface area is 111 Å². The van der Waals surface area contributed by atoms with Gasteiger partial charge >= 0.3 is 0 Å². The van der Waals surface area contributed by atoms with Crippen LogP contribution in [-0.4, -0.2) is 22.0 Å². The minimum absolute atomic E-state index is 0.526. The van der Waals surface area contributed by atoms with Crippen LogP contribution in [0.1, 0.15) is 24.2 Å². The SMILES string of the molecule is CCn1cc(C(O)c2ccc(Cl)c(OC)c2)cn1. The highest BCUT2D eigenvalue weighted by atomic mass is 35.5. The summed E-state index contributed by atoms with van der Waals surface area (Å²) in [5.74, 6) is 0.552. The van der Waals surface area contributed by atoms with E-state index in [4.69, 9.17) is 16.3 Å². The van der Waals surface area contributed by atoms with Gasteiger partial charge in [0.1, 0.15) is 11.9 Å². The largest absolute Gasteiger partial charge is 0.495 e. The predicted octanol–water partition coefficient (Wildman–Crippen LogP) is 2.65. The molecule has 18 heavy (non-hydrogen) atoms. The average Bonchev–Trinajstić information content (AvgIpc) is 2.87. The Morgan fingerprint density at radius 1 is 1.44 bits per heavy atom. The molecule has 1 N–H and O–H groups in total. The monoisotopic (exact) mass is 266 g/mol. The van der Waals surface area contributed by atoms with Crippen molar-refractivity contribution in [2.45, 2.75) is 19.6 Å². The van der Waals surface area contributed by atoms with Gasteiger partial charge < -0.3 is 9.84 Å². The van der Waals surface area contributed by atoms with Crippen LogP contribution < -0.4 is 4.74 Å². The fourth-order valence-corrected chi connectivity index (χ4v) is 1.93. The van der Waals surface area contributed by atoms with Crippen LogP contribution in [0.25, 0.3) is 0 Å². The van der Waals surface area contributed by atoms with E-state index in [1.165, 1.54) is 0 Å². The summed E-state index contributed by atoms with van der Waals surface area (Å²) < 4.78 is 6.90. The molecule has 0 aliphatic carbocycles. The molecule has 1 aromatic carbocycles. The van der Waals surface area contributed by atoms with Crippen LogP contribution in [0, 0.1) is 0 Å². The summed E-state index contributed by atoms with van der Waals surface area (Å²) >= 11 is 5.95. The number of aliphatic hydroxyl groups is 1. The van der Waals surface area contributed by atoms with Crippen LogP contribution in [-0.2, 0) is 6.54 Å². The van der Waals surface area contributed by atoms with Crippen LogP contribution in [0.2, 0.25) is 5.02 Å². The molecule has 0 spiro atoms. The lowest BCUT2D eigenvalue weighted by atomic mass is 10.0. The topological polar surface area (TPSA) is 47.3 Å². The number of hydrogen-bond acceptors (Lipinski definition) is 3. The van der Waals surface area contributed by atoms with E-state index in [9.17, 15) is 5.11 Å². The molecule has 0 radical (unpaired) electrons. The molecule has 0 saturated carbocycles. The highest BCUT2D eigenvalue weighted by molar-refractivity contribution is 6.32. The number of nitrogens with zero attached hydrogens (tertiary/aromatic N) is 2. The van der Waals surface area contributed by atoms with Crippen molar-refractivity contribution in [2.75, 3.05) is 7.11 Å². The van der Waals surface area contributed by atoms with Crippen LogP contribution in [0.5, 0.6) is 5.75 Å². The van der Waals surface area contributed by atoms with Gasteiger partial charge in [0.25, 0.3) is 0 Å². The number of ether oxygens (including phenoxy) is 1. The van der Waals surface area contributed by atoms with Gasteiger partial charge in [-0.2, -0.15) is 5.10 Å². The third-order valence-electron chi connectivity index (χ3n) is 2.78. The highest BCUT2D eigenvalue weighted by Gasteiger charge is 2.14. The quantitative estimate of drug-likeness (QED) is 0.925. The van der Waals surface area contributed by atoms with Crippen molar-refractivity contribution in [1.29, 1.82) is 0 Å². The third-order valence-corrected chi connectivity index (χ3v) is 3.10. The molecule has 0 saturated heterocycles. The summed E-state index contributed by atoms with van der Waals surface area (Å²) in [6.45, 7) is 2.77. The first kappa shape index (κ1) is 12.9. The summed E-state index contributed by atoms with van der Waals surface area (Å²) in [5.41, 5.74) is 1.48. The first-order valence-corrected chi connectivity index (χ1v) is 6.07. The molecule has 0 aliphatic heterocycles. The predicted molar refractivity (Wildman–Crippen MR) is 70.0 cm³/mol. The zero-order chi connectivity index (χ0) is 13.1. The van der Waals surface area contributed by atoms with Gasteiger partial charge in [-0.15, -0.1) is 0 Å². The average molecular weight is 267 g/mol. The number of aromatic nitrogens is 2. The Balaban J connectivity index is 2.30. The number of methoxy groups -OCH3 is 1. The lowest BCUT2D eigenvalue weighted by Gasteiger charge is -2.11. The van der Waals surface area contributed by atoms with E-state index in [-0.39, 0.29) is 0 Å². The van der Waals surface area contributed by atoms with Crippen molar-refractivity contribution in [3.63, 3.8) is 0 Å². The summed E-state index contributed by atoms with van der Waals surface area (Å²) in [5, 5.41) is 14.9. The molecule has 0 amide bonds. The number of hydrogen-bond donors (Lipinski definition) is 1. The van der Waals surface area contributed by atoms with E-state index in [1.54, 1.807) is 36.2 Å². The fourth-order valence-electron chi connectivity index (χ4n) is 1.73. The minimum atomic E-state index is -0.725. The van der Waals surface area contributed by atoms with E-state index in [1.807, 2.05) is 13.1 Å². The Kier molecular flexibility index (Phi) is 3.89. The number of rotatable bonds is 4. The van der Waals surface area contributed by atoms with Gasteiger partial charge in [-0.05, 0) is 24.6 Å². The van der Waals surface area contributed by atoms with Gasteiger partial charge in [-0.25, -0.2) is 0 Å². The maximum Gasteiger partial charge on any atom is 0.137 e. The second kappa shape index (κ2) is 5.42. The lowest BCUT2D eigenvalue weighted by molar-refractivity contribution is 0.219. The van der Waals surface area contributed by atoms with Crippen LogP contribution in [0.4, 0.5) is 0 Å². The Morgan fingerprint density at radius 2 is 2.22 bits per heavy atom. The number of halogens is 1. The molecular weight excluding hydrogens is 252 g/mol. The Bertz CT molecular complexity index is 540. The van der Waals surface area contributed by atoms with Gasteiger partial charge in [0.2, 0.25) is 0 Å². The fraction of sp³-hybridized carbons (Fsp3) is 0.308. The zero-order valence-corrected chi connectivity index (χ0v) is 11.1. The number of benzene rings is 1. The zero-order valence-electron chi connectivity index (χ0n) is 10.3. The van der Waals surface area contributed by atoms with Crippen molar-refractivity contribution in [1.82, 2.24) is 9.78 Å². The van der Waals surface area contributed by atoms with Crippen molar-refractivity contribution in [2.24, 2.45) is 0 Å². The van der Waals surface area contributed by atoms with E-state index in [0.29, 0.717) is 10.8 Å². The normalized spacial score (nSPS) is 12.4. The highest BCUT2D eigenvalue weighted by Crippen LogP contribution is 2.30. The molecule has 1 aromatic heterocycles. The molecule has 2 rings (SSSR count). The van der Waals surface area contributed by atoms with Crippen LogP contribution in [0.15, 0.2) is 30.6 Å². The van der Waals surface area contributed by atoms with Gasteiger partial charge in [-0.3, -0.25) is 4.68 Å². The van der Waals surface area contributed by atoms with Crippen molar-refractivity contribution in [3.8, 4) is 5.75 Å². The molecule has 1 unspecified atom stereocenters. The molecular formula is C13H15ClN2O2. The standard InChI is InChI=1S/C13H15ClN2O2/c1-3-16-8-10(7-15-16)13(17)9-4-5-11(14)12(6-9)18-2/h4-8,13,17H,3H2,1-2H3. The van der Waals surface area contributed by atoms with Crippen LogP contribution in [0.3, 0.4) is 0 Å². The summed E-state index contributed by atoms with van der Waals surface area (Å²) in [4.78, 5) is 0. The van der Waals surface area contributed by atoms with Crippen molar-refractivity contribution < 1.29 is 9.84 Å². The first-order chi connectivity index (χ1) is 8.65. The Hall–Kier alpha value is -1.52.